The summed E-state index contributed by atoms with van der Waals surface area (Å²) >= 11 is 0. The van der Waals surface area contributed by atoms with Crippen LogP contribution in [0.3, 0.4) is 0 Å². The van der Waals surface area contributed by atoms with Crippen molar-refractivity contribution in [3.05, 3.63) is 58.7 Å². The molecular formula is C17H20O2. The molecule has 0 atom stereocenters. The summed E-state index contributed by atoms with van der Waals surface area (Å²) in [6, 6.07) is 12.6. The number of aryl methyl sites for hydroxylation is 2. The molecule has 100 valence electrons. The van der Waals surface area contributed by atoms with Crippen LogP contribution in [0, 0.1) is 13.8 Å². The highest BCUT2D eigenvalue weighted by Crippen LogP contribution is 2.32. The average molecular weight is 256 g/mol. The van der Waals surface area contributed by atoms with E-state index in [1.165, 1.54) is 11.1 Å². The molecule has 0 amide bonds. The van der Waals surface area contributed by atoms with Crippen LogP contribution in [0.2, 0.25) is 0 Å². The fraction of sp³-hybridized carbons (Fsp3) is 0.294. The molecule has 0 saturated carbocycles. The van der Waals surface area contributed by atoms with Gasteiger partial charge in [0.25, 0.3) is 0 Å². The zero-order chi connectivity index (χ0) is 13.8. The van der Waals surface area contributed by atoms with E-state index in [1.807, 2.05) is 19.1 Å². The predicted molar refractivity (Wildman–Crippen MR) is 78.3 cm³/mol. The summed E-state index contributed by atoms with van der Waals surface area (Å²) in [6.07, 6.45) is 0.812. The minimum absolute atomic E-state index is 0.812. The molecule has 2 heteroatoms. The lowest BCUT2D eigenvalue weighted by Crippen LogP contribution is -1.99. The van der Waals surface area contributed by atoms with Gasteiger partial charge in [0.2, 0.25) is 0 Å². The molecule has 0 fully saturated rings. The smallest absolute Gasteiger partial charge is 0.126 e. The predicted octanol–water partition coefficient (Wildman–Crippen LogP) is 3.91. The zero-order valence-corrected chi connectivity index (χ0v) is 12.0. The van der Waals surface area contributed by atoms with Gasteiger partial charge in [-0.3, -0.25) is 0 Å². The zero-order valence-electron chi connectivity index (χ0n) is 12.0. The molecule has 0 heterocycles. The van der Waals surface area contributed by atoms with Gasteiger partial charge in [-0.25, -0.2) is 0 Å². The lowest BCUT2D eigenvalue weighted by atomic mass is 10.0. The fourth-order valence-corrected chi connectivity index (χ4v) is 2.20. The van der Waals surface area contributed by atoms with Crippen LogP contribution in [0.4, 0.5) is 0 Å². The van der Waals surface area contributed by atoms with Crippen LogP contribution >= 0.6 is 0 Å². The first-order valence-corrected chi connectivity index (χ1v) is 6.41. The van der Waals surface area contributed by atoms with Crippen LogP contribution in [-0.4, -0.2) is 14.2 Å². The van der Waals surface area contributed by atoms with Crippen molar-refractivity contribution in [2.75, 3.05) is 14.2 Å². The van der Waals surface area contributed by atoms with Crippen molar-refractivity contribution in [2.45, 2.75) is 20.3 Å². The quantitative estimate of drug-likeness (QED) is 0.825. The Morgan fingerprint density at radius 2 is 1.32 bits per heavy atom. The molecule has 0 aromatic heterocycles. The highest BCUT2D eigenvalue weighted by molar-refractivity contribution is 5.50. The molecule has 2 nitrogen and oxygen atoms in total. The molecule has 2 aromatic carbocycles. The van der Waals surface area contributed by atoms with Gasteiger partial charge >= 0.3 is 0 Å². The Morgan fingerprint density at radius 3 is 1.79 bits per heavy atom. The van der Waals surface area contributed by atoms with Crippen molar-refractivity contribution in [3.8, 4) is 11.5 Å². The fourth-order valence-electron chi connectivity index (χ4n) is 2.20. The Balaban J connectivity index is 2.40. The van der Waals surface area contributed by atoms with Gasteiger partial charge in [0.15, 0.2) is 0 Å². The van der Waals surface area contributed by atoms with Gasteiger partial charge in [0, 0.05) is 12.0 Å². The van der Waals surface area contributed by atoms with Crippen LogP contribution in [0.25, 0.3) is 0 Å². The topological polar surface area (TPSA) is 18.5 Å². The standard InChI is InChI=1S/C17H20O2/c1-12-5-7-14(8-6-12)11-15-16(18-3)9-13(2)10-17(15)19-4/h5-10H,11H2,1-4H3. The molecule has 19 heavy (non-hydrogen) atoms. The first-order chi connectivity index (χ1) is 9.13. The molecule has 2 rings (SSSR count). The summed E-state index contributed by atoms with van der Waals surface area (Å²) < 4.78 is 11.0. The summed E-state index contributed by atoms with van der Waals surface area (Å²) in [7, 11) is 3.40. The Hall–Kier alpha value is -1.96. The van der Waals surface area contributed by atoms with Crippen molar-refractivity contribution in [3.63, 3.8) is 0 Å². The van der Waals surface area contributed by atoms with E-state index in [2.05, 4.69) is 31.2 Å². The van der Waals surface area contributed by atoms with Gasteiger partial charge in [-0.15, -0.1) is 0 Å². The SMILES string of the molecule is COc1cc(C)cc(OC)c1Cc1ccc(C)cc1. The van der Waals surface area contributed by atoms with E-state index in [0.29, 0.717) is 0 Å². The molecule has 0 aliphatic rings. The van der Waals surface area contributed by atoms with Gasteiger partial charge in [-0.05, 0) is 37.1 Å². The lowest BCUT2D eigenvalue weighted by Gasteiger charge is -2.14. The number of hydrogen-bond donors (Lipinski definition) is 0. The molecule has 0 aliphatic heterocycles. The van der Waals surface area contributed by atoms with E-state index in [-0.39, 0.29) is 0 Å². The molecular weight excluding hydrogens is 236 g/mol. The van der Waals surface area contributed by atoms with Gasteiger partial charge in [-0.1, -0.05) is 29.8 Å². The van der Waals surface area contributed by atoms with E-state index < -0.39 is 0 Å². The normalized spacial score (nSPS) is 10.3. The summed E-state index contributed by atoms with van der Waals surface area (Å²) in [5.74, 6) is 1.77. The summed E-state index contributed by atoms with van der Waals surface area (Å²) in [4.78, 5) is 0. The molecule has 0 radical (unpaired) electrons. The van der Waals surface area contributed by atoms with Gasteiger partial charge in [0.05, 0.1) is 14.2 Å². The van der Waals surface area contributed by atoms with Crippen molar-refractivity contribution < 1.29 is 9.47 Å². The van der Waals surface area contributed by atoms with Crippen LogP contribution in [0.1, 0.15) is 22.3 Å². The Labute approximate surface area is 115 Å². The molecule has 0 bridgehead atoms. The summed E-state index contributed by atoms with van der Waals surface area (Å²) in [6.45, 7) is 4.14. The molecule has 0 aliphatic carbocycles. The highest BCUT2D eigenvalue weighted by Gasteiger charge is 2.12. The molecule has 2 aromatic rings. The number of hydrogen-bond acceptors (Lipinski definition) is 2. The molecule has 0 spiro atoms. The summed E-state index contributed by atoms with van der Waals surface area (Å²) in [5.41, 5.74) is 4.76. The second-order valence-corrected chi connectivity index (χ2v) is 4.81. The molecule has 0 saturated heterocycles. The number of methoxy groups -OCH3 is 2. The Bertz CT molecular complexity index is 531. The minimum atomic E-state index is 0.812. The first-order valence-electron chi connectivity index (χ1n) is 6.41. The second kappa shape index (κ2) is 5.79. The van der Waals surface area contributed by atoms with Crippen molar-refractivity contribution >= 4 is 0 Å². The maximum atomic E-state index is 5.48. The Kier molecular flexibility index (Phi) is 4.10. The van der Waals surface area contributed by atoms with Gasteiger partial charge in [0.1, 0.15) is 11.5 Å². The Morgan fingerprint density at radius 1 is 0.789 bits per heavy atom. The molecule has 0 N–H and O–H groups in total. The van der Waals surface area contributed by atoms with Crippen LogP contribution in [0.15, 0.2) is 36.4 Å². The number of rotatable bonds is 4. The highest BCUT2D eigenvalue weighted by atomic mass is 16.5. The minimum Gasteiger partial charge on any atom is -0.496 e. The van der Waals surface area contributed by atoms with E-state index in [1.54, 1.807) is 14.2 Å². The first kappa shape index (κ1) is 13.5. The maximum absolute atomic E-state index is 5.48. The third-order valence-corrected chi connectivity index (χ3v) is 3.25. The lowest BCUT2D eigenvalue weighted by molar-refractivity contribution is 0.386. The number of benzene rings is 2. The van der Waals surface area contributed by atoms with Crippen molar-refractivity contribution in [1.29, 1.82) is 0 Å². The molecule has 0 unspecified atom stereocenters. The monoisotopic (exact) mass is 256 g/mol. The maximum Gasteiger partial charge on any atom is 0.126 e. The second-order valence-electron chi connectivity index (χ2n) is 4.81. The van der Waals surface area contributed by atoms with Crippen molar-refractivity contribution in [2.24, 2.45) is 0 Å². The van der Waals surface area contributed by atoms with E-state index in [9.17, 15) is 0 Å². The third-order valence-electron chi connectivity index (χ3n) is 3.25. The van der Waals surface area contributed by atoms with E-state index in [4.69, 9.17) is 9.47 Å². The van der Waals surface area contributed by atoms with Crippen molar-refractivity contribution in [1.82, 2.24) is 0 Å². The van der Waals surface area contributed by atoms with E-state index in [0.717, 1.165) is 29.0 Å². The third kappa shape index (κ3) is 3.08. The van der Waals surface area contributed by atoms with Crippen LogP contribution in [-0.2, 0) is 6.42 Å². The average Bonchev–Trinajstić information content (AvgIpc) is 2.42. The van der Waals surface area contributed by atoms with Crippen LogP contribution < -0.4 is 9.47 Å². The van der Waals surface area contributed by atoms with Crippen LogP contribution in [0.5, 0.6) is 11.5 Å². The summed E-state index contributed by atoms with van der Waals surface area (Å²) in [5, 5.41) is 0. The van der Waals surface area contributed by atoms with E-state index >= 15 is 0 Å². The van der Waals surface area contributed by atoms with Gasteiger partial charge < -0.3 is 9.47 Å². The van der Waals surface area contributed by atoms with Gasteiger partial charge in [-0.2, -0.15) is 0 Å². The largest absolute Gasteiger partial charge is 0.496 e. The number of ether oxygens (including phenoxy) is 2.